The van der Waals surface area contributed by atoms with Crippen LogP contribution in [0.3, 0.4) is 0 Å². The van der Waals surface area contributed by atoms with Gasteiger partial charge in [0, 0.05) is 12.2 Å². The summed E-state index contributed by atoms with van der Waals surface area (Å²) in [7, 11) is 0. The van der Waals surface area contributed by atoms with Gasteiger partial charge >= 0.3 is 0 Å². The third kappa shape index (κ3) is 7.63. The molecule has 1 aromatic rings. The lowest BCUT2D eigenvalue weighted by Gasteiger charge is -2.06. The molecule has 0 aromatic heterocycles. The van der Waals surface area contributed by atoms with E-state index in [1.807, 2.05) is 0 Å². The monoisotopic (exact) mass is 327 g/mol. The van der Waals surface area contributed by atoms with Crippen LogP contribution in [-0.4, -0.2) is 42.3 Å². The number of anilines is 1. The standard InChI is InChI=1S/C14H18FN3O3S/c1-2-16-12(19)7-17-13(20)8-22-9-14(21)18-11-5-3-10(15)4-6-11/h3-6H,2,7-9H2,1H3,(H,16,19)(H,17,20)(H,18,21). The normalized spacial score (nSPS) is 9.91. The fourth-order valence-corrected chi connectivity index (χ4v) is 2.10. The molecule has 0 aliphatic carbocycles. The molecule has 0 aliphatic heterocycles. The topological polar surface area (TPSA) is 87.3 Å². The summed E-state index contributed by atoms with van der Waals surface area (Å²) in [5.41, 5.74) is 0.493. The molecule has 22 heavy (non-hydrogen) atoms. The Hall–Kier alpha value is -2.09. The molecule has 0 saturated carbocycles. The molecule has 1 rings (SSSR count). The Morgan fingerprint density at radius 3 is 2.27 bits per heavy atom. The van der Waals surface area contributed by atoms with Crippen molar-refractivity contribution in [1.29, 1.82) is 0 Å². The van der Waals surface area contributed by atoms with E-state index in [4.69, 9.17) is 0 Å². The average molecular weight is 327 g/mol. The van der Waals surface area contributed by atoms with Crippen molar-refractivity contribution >= 4 is 35.2 Å². The summed E-state index contributed by atoms with van der Waals surface area (Å²) >= 11 is 1.13. The number of benzene rings is 1. The summed E-state index contributed by atoms with van der Waals surface area (Å²) in [5.74, 6) is -1.06. The molecule has 3 amide bonds. The highest BCUT2D eigenvalue weighted by atomic mass is 32.2. The molecular formula is C14H18FN3O3S. The number of carbonyl (C=O) groups excluding carboxylic acids is 3. The smallest absolute Gasteiger partial charge is 0.239 e. The summed E-state index contributed by atoms with van der Waals surface area (Å²) < 4.78 is 12.7. The van der Waals surface area contributed by atoms with Crippen LogP contribution in [-0.2, 0) is 14.4 Å². The molecule has 0 heterocycles. The van der Waals surface area contributed by atoms with Crippen LogP contribution >= 0.6 is 11.8 Å². The zero-order valence-corrected chi connectivity index (χ0v) is 13.0. The van der Waals surface area contributed by atoms with Crippen LogP contribution in [0.25, 0.3) is 0 Å². The Morgan fingerprint density at radius 2 is 1.64 bits per heavy atom. The minimum atomic E-state index is -0.379. The maximum atomic E-state index is 12.7. The van der Waals surface area contributed by atoms with Crippen molar-refractivity contribution in [3.05, 3.63) is 30.1 Å². The molecule has 0 radical (unpaired) electrons. The second-order valence-corrected chi connectivity index (χ2v) is 5.26. The molecule has 0 bridgehead atoms. The molecule has 8 heteroatoms. The van der Waals surface area contributed by atoms with Gasteiger partial charge in [0.25, 0.3) is 0 Å². The van der Waals surface area contributed by atoms with Crippen LogP contribution in [0.15, 0.2) is 24.3 Å². The highest BCUT2D eigenvalue weighted by Gasteiger charge is 2.07. The van der Waals surface area contributed by atoms with Gasteiger partial charge in [0.1, 0.15) is 5.82 Å². The van der Waals surface area contributed by atoms with Crippen molar-refractivity contribution in [1.82, 2.24) is 10.6 Å². The summed E-state index contributed by atoms with van der Waals surface area (Å²) in [4.78, 5) is 34.2. The first-order valence-corrected chi connectivity index (χ1v) is 7.83. The lowest BCUT2D eigenvalue weighted by atomic mass is 10.3. The first-order chi connectivity index (χ1) is 10.5. The minimum Gasteiger partial charge on any atom is -0.355 e. The van der Waals surface area contributed by atoms with Crippen LogP contribution in [0.5, 0.6) is 0 Å². The number of likely N-dealkylation sites (N-methyl/N-ethyl adjacent to an activating group) is 1. The summed E-state index contributed by atoms with van der Waals surface area (Å²) in [6, 6.07) is 5.41. The van der Waals surface area contributed by atoms with Gasteiger partial charge in [-0.1, -0.05) is 0 Å². The third-order valence-electron chi connectivity index (χ3n) is 2.41. The zero-order valence-electron chi connectivity index (χ0n) is 12.1. The van der Waals surface area contributed by atoms with Crippen LogP contribution in [0.4, 0.5) is 10.1 Å². The molecule has 0 saturated heterocycles. The van der Waals surface area contributed by atoms with E-state index in [1.54, 1.807) is 6.92 Å². The Kier molecular flexibility index (Phi) is 7.98. The Balaban J connectivity index is 2.17. The van der Waals surface area contributed by atoms with Crippen molar-refractivity contribution in [2.24, 2.45) is 0 Å². The molecule has 0 fully saturated rings. The lowest BCUT2D eigenvalue weighted by molar-refractivity contribution is -0.124. The number of rotatable bonds is 8. The van der Waals surface area contributed by atoms with Gasteiger partial charge in [0.2, 0.25) is 17.7 Å². The van der Waals surface area contributed by atoms with E-state index in [9.17, 15) is 18.8 Å². The van der Waals surface area contributed by atoms with Crippen LogP contribution in [0, 0.1) is 5.82 Å². The van der Waals surface area contributed by atoms with E-state index in [-0.39, 0.29) is 41.6 Å². The van der Waals surface area contributed by atoms with Crippen molar-refractivity contribution in [2.45, 2.75) is 6.92 Å². The van der Waals surface area contributed by atoms with Crippen molar-refractivity contribution in [2.75, 3.05) is 29.9 Å². The third-order valence-corrected chi connectivity index (χ3v) is 3.35. The SMILES string of the molecule is CCNC(=O)CNC(=O)CSCC(=O)Nc1ccc(F)cc1. The maximum absolute atomic E-state index is 12.7. The second-order valence-electron chi connectivity index (χ2n) is 4.28. The molecule has 6 nitrogen and oxygen atoms in total. The van der Waals surface area contributed by atoms with Crippen LogP contribution < -0.4 is 16.0 Å². The van der Waals surface area contributed by atoms with E-state index in [1.165, 1.54) is 24.3 Å². The van der Waals surface area contributed by atoms with Gasteiger partial charge in [-0.2, -0.15) is 0 Å². The predicted molar refractivity (Wildman–Crippen MR) is 84.0 cm³/mol. The van der Waals surface area contributed by atoms with Gasteiger partial charge < -0.3 is 16.0 Å². The van der Waals surface area contributed by atoms with Gasteiger partial charge in [-0.05, 0) is 31.2 Å². The van der Waals surface area contributed by atoms with Gasteiger partial charge in [0.15, 0.2) is 0 Å². The Morgan fingerprint density at radius 1 is 1.00 bits per heavy atom. The molecule has 0 aliphatic rings. The zero-order chi connectivity index (χ0) is 16.4. The number of nitrogens with one attached hydrogen (secondary N) is 3. The second kappa shape index (κ2) is 9.78. The Labute approximate surface area is 132 Å². The van der Waals surface area contributed by atoms with Gasteiger partial charge in [-0.15, -0.1) is 11.8 Å². The van der Waals surface area contributed by atoms with Crippen LogP contribution in [0.2, 0.25) is 0 Å². The van der Waals surface area contributed by atoms with E-state index < -0.39 is 0 Å². The largest absolute Gasteiger partial charge is 0.355 e. The Bertz CT molecular complexity index is 523. The van der Waals surface area contributed by atoms with E-state index >= 15 is 0 Å². The highest BCUT2D eigenvalue weighted by molar-refractivity contribution is 8.00. The summed E-state index contributed by atoms with van der Waals surface area (Å²) in [6.45, 7) is 2.22. The first kappa shape index (κ1) is 18.0. The maximum Gasteiger partial charge on any atom is 0.239 e. The molecular weight excluding hydrogens is 309 g/mol. The number of carbonyl (C=O) groups is 3. The molecule has 0 atom stereocenters. The molecule has 120 valence electrons. The number of hydrogen-bond acceptors (Lipinski definition) is 4. The number of amides is 3. The van der Waals surface area contributed by atoms with Crippen molar-refractivity contribution in [3.63, 3.8) is 0 Å². The number of halogens is 1. The van der Waals surface area contributed by atoms with E-state index in [0.717, 1.165) is 11.8 Å². The highest BCUT2D eigenvalue weighted by Crippen LogP contribution is 2.09. The van der Waals surface area contributed by atoms with Gasteiger partial charge in [0.05, 0.1) is 18.1 Å². The summed E-state index contributed by atoms with van der Waals surface area (Å²) in [5, 5.41) is 7.59. The number of thioether (sulfide) groups is 1. The predicted octanol–water partition coefficient (Wildman–Crippen LogP) is 0.750. The van der Waals surface area contributed by atoms with E-state index in [0.29, 0.717) is 12.2 Å². The summed E-state index contributed by atoms with van der Waals surface area (Å²) in [6.07, 6.45) is 0. The lowest BCUT2D eigenvalue weighted by Crippen LogP contribution is -2.37. The van der Waals surface area contributed by atoms with Crippen LogP contribution in [0.1, 0.15) is 6.92 Å². The molecule has 1 aromatic carbocycles. The van der Waals surface area contributed by atoms with Gasteiger partial charge in [-0.3, -0.25) is 14.4 Å². The van der Waals surface area contributed by atoms with Crippen molar-refractivity contribution in [3.8, 4) is 0 Å². The fraction of sp³-hybridized carbons (Fsp3) is 0.357. The quantitative estimate of drug-likeness (QED) is 0.657. The number of hydrogen-bond donors (Lipinski definition) is 3. The fourth-order valence-electron chi connectivity index (χ4n) is 1.46. The molecule has 0 spiro atoms. The van der Waals surface area contributed by atoms with Crippen molar-refractivity contribution < 1.29 is 18.8 Å². The molecule has 0 unspecified atom stereocenters. The van der Waals surface area contributed by atoms with E-state index in [2.05, 4.69) is 16.0 Å². The first-order valence-electron chi connectivity index (χ1n) is 6.67. The van der Waals surface area contributed by atoms with Gasteiger partial charge in [-0.25, -0.2) is 4.39 Å². The average Bonchev–Trinajstić information content (AvgIpc) is 2.48. The molecule has 3 N–H and O–H groups in total. The minimum absolute atomic E-state index is 0.0744.